The van der Waals surface area contributed by atoms with Gasteiger partial charge in [0.1, 0.15) is 0 Å². The van der Waals surface area contributed by atoms with Crippen molar-refractivity contribution in [3.8, 4) is 0 Å². The SMILES string of the molecule is C=COC(=O)c1ccc([S][Bi]([S]c2ccc(C(=O)OC=C)cc2)[S]c2ccc(C(=O)OC=C)cc2)cc1. The van der Waals surface area contributed by atoms with E-state index in [9.17, 15) is 14.4 Å². The Labute approximate surface area is 230 Å². The standard InChI is InChI=1S/3C9H8O2S.Bi/c3*1-2-11-9(10)7-3-5-8(12)6-4-7;/h3*2-6,12H,1H2;/q;;;+3/p-3. The van der Waals surface area contributed by atoms with Crippen molar-refractivity contribution in [3.05, 3.63) is 128 Å². The minimum absolute atomic E-state index is 0.444. The third kappa shape index (κ3) is 8.93. The van der Waals surface area contributed by atoms with E-state index in [4.69, 9.17) is 14.2 Å². The Morgan fingerprint density at radius 1 is 0.514 bits per heavy atom. The fourth-order valence-corrected chi connectivity index (χ4v) is 32.2. The summed E-state index contributed by atoms with van der Waals surface area (Å²) < 4.78 is 14.5. The van der Waals surface area contributed by atoms with Crippen LogP contribution in [0.2, 0.25) is 0 Å². The van der Waals surface area contributed by atoms with Gasteiger partial charge < -0.3 is 0 Å². The third-order valence-electron chi connectivity index (χ3n) is 4.38. The van der Waals surface area contributed by atoms with Crippen molar-refractivity contribution >= 4 is 60.8 Å². The minimum atomic E-state index is -2.50. The molecule has 0 unspecified atom stereocenters. The van der Waals surface area contributed by atoms with E-state index in [0.717, 1.165) is 33.5 Å². The summed E-state index contributed by atoms with van der Waals surface area (Å²) in [4.78, 5) is 38.9. The summed E-state index contributed by atoms with van der Waals surface area (Å²) in [5.74, 6) is -1.38. The molecular weight excluding hydrogens is 725 g/mol. The molecule has 0 aromatic heterocycles. The van der Waals surface area contributed by atoms with E-state index in [2.05, 4.69) is 19.7 Å². The van der Waals surface area contributed by atoms with Crippen LogP contribution in [-0.2, 0) is 14.2 Å². The van der Waals surface area contributed by atoms with Gasteiger partial charge in [0.15, 0.2) is 0 Å². The zero-order valence-corrected chi connectivity index (χ0v) is 25.3. The fraction of sp³-hybridized carbons (Fsp3) is 0. The summed E-state index contributed by atoms with van der Waals surface area (Å²) in [6.45, 7) is 10.2. The predicted molar refractivity (Wildman–Crippen MR) is 149 cm³/mol. The van der Waals surface area contributed by atoms with E-state index in [1.54, 1.807) is 62.0 Å². The van der Waals surface area contributed by atoms with Crippen molar-refractivity contribution in [2.24, 2.45) is 0 Å². The third-order valence-corrected chi connectivity index (χ3v) is 30.6. The molecule has 3 aromatic rings. The van der Waals surface area contributed by atoms with E-state index >= 15 is 0 Å². The molecule has 0 aliphatic carbocycles. The van der Waals surface area contributed by atoms with Crippen LogP contribution in [0, 0.1) is 0 Å². The van der Waals surface area contributed by atoms with Crippen molar-refractivity contribution in [2.75, 3.05) is 0 Å². The van der Waals surface area contributed by atoms with Gasteiger partial charge in [-0.05, 0) is 0 Å². The molecule has 0 radical (unpaired) electrons. The number of rotatable bonds is 12. The quantitative estimate of drug-likeness (QED) is 0.0825. The molecule has 0 saturated heterocycles. The van der Waals surface area contributed by atoms with Gasteiger partial charge in [0.05, 0.1) is 0 Å². The summed E-state index contributed by atoms with van der Waals surface area (Å²) in [6.07, 6.45) is 3.32. The molecule has 37 heavy (non-hydrogen) atoms. The molecule has 3 rings (SSSR count). The molecule has 6 nitrogen and oxygen atoms in total. The van der Waals surface area contributed by atoms with Gasteiger partial charge in [-0.1, -0.05) is 0 Å². The number of carbonyl (C=O) groups is 3. The maximum atomic E-state index is 11.9. The molecule has 0 heterocycles. The zero-order chi connectivity index (χ0) is 26.6. The maximum absolute atomic E-state index is 11.9. The topological polar surface area (TPSA) is 78.9 Å². The summed E-state index contributed by atoms with van der Waals surface area (Å²) in [5.41, 5.74) is 1.33. The van der Waals surface area contributed by atoms with Crippen molar-refractivity contribution in [3.63, 3.8) is 0 Å². The fourth-order valence-electron chi connectivity index (χ4n) is 2.70. The van der Waals surface area contributed by atoms with E-state index in [1.807, 2.05) is 36.4 Å². The van der Waals surface area contributed by atoms with Gasteiger partial charge in [-0.25, -0.2) is 0 Å². The molecule has 0 fully saturated rings. The van der Waals surface area contributed by atoms with Crippen LogP contribution < -0.4 is 0 Å². The molecule has 0 saturated carbocycles. The first-order chi connectivity index (χ1) is 17.9. The van der Waals surface area contributed by atoms with Crippen LogP contribution in [0.5, 0.6) is 0 Å². The predicted octanol–water partition coefficient (Wildman–Crippen LogP) is 7.25. The number of ether oxygens (including phenoxy) is 3. The Morgan fingerprint density at radius 3 is 0.973 bits per heavy atom. The Morgan fingerprint density at radius 2 is 0.757 bits per heavy atom. The number of hydrogen-bond donors (Lipinski definition) is 0. The number of benzene rings is 3. The van der Waals surface area contributed by atoms with E-state index in [1.165, 1.54) is 0 Å². The van der Waals surface area contributed by atoms with Crippen molar-refractivity contribution < 1.29 is 28.6 Å². The molecule has 0 spiro atoms. The normalized spacial score (nSPS) is 10.3. The van der Waals surface area contributed by atoms with E-state index in [0.29, 0.717) is 16.7 Å². The van der Waals surface area contributed by atoms with Gasteiger partial charge >= 0.3 is 232 Å². The second-order valence-corrected chi connectivity index (χ2v) is 32.6. The van der Waals surface area contributed by atoms with Crippen molar-refractivity contribution in [2.45, 2.75) is 14.7 Å². The summed E-state index contributed by atoms with van der Waals surface area (Å²) in [7, 11) is 5.39. The van der Waals surface area contributed by atoms with Gasteiger partial charge in [-0.15, -0.1) is 0 Å². The van der Waals surface area contributed by atoms with E-state index in [-0.39, 0.29) is 0 Å². The van der Waals surface area contributed by atoms with Crippen LogP contribution in [0.25, 0.3) is 0 Å². The van der Waals surface area contributed by atoms with Gasteiger partial charge in [-0.2, -0.15) is 0 Å². The molecule has 3 aromatic carbocycles. The molecule has 0 aliphatic heterocycles. The average molecular weight is 747 g/mol. The Kier molecular flexibility index (Phi) is 11.5. The van der Waals surface area contributed by atoms with Crippen molar-refractivity contribution in [1.82, 2.24) is 0 Å². The first kappa shape index (κ1) is 28.8. The molecule has 0 amide bonds. The summed E-state index contributed by atoms with van der Waals surface area (Å²) in [6, 6.07) is 21.8. The molecule has 0 N–H and O–H groups in total. The molecule has 0 atom stereocenters. The van der Waals surface area contributed by atoms with Gasteiger partial charge in [-0.3, -0.25) is 0 Å². The Hall–Kier alpha value is -2.78. The number of carbonyl (C=O) groups excluding carboxylic acids is 3. The van der Waals surface area contributed by atoms with E-state index < -0.39 is 35.3 Å². The van der Waals surface area contributed by atoms with Crippen LogP contribution in [-0.4, -0.2) is 35.3 Å². The van der Waals surface area contributed by atoms with Gasteiger partial charge in [0.2, 0.25) is 0 Å². The Balaban J connectivity index is 1.79. The zero-order valence-electron chi connectivity index (χ0n) is 19.4. The first-order valence-electron chi connectivity index (χ1n) is 10.5. The molecule has 0 aliphatic rings. The number of esters is 3. The second-order valence-electron chi connectivity index (χ2n) is 6.79. The second kappa shape index (κ2) is 14.8. The number of hydrogen-bond acceptors (Lipinski definition) is 9. The molecule has 188 valence electrons. The molecule has 0 bridgehead atoms. The average Bonchev–Trinajstić information content (AvgIpc) is 2.90. The van der Waals surface area contributed by atoms with Crippen LogP contribution in [0.3, 0.4) is 0 Å². The summed E-state index contributed by atoms with van der Waals surface area (Å²) in [5, 5.41) is 0. The van der Waals surface area contributed by atoms with Crippen LogP contribution in [0.15, 0.2) is 126 Å². The monoisotopic (exact) mass is 746 g/mol. The molecular formula is C27H21BiO6S3. The van der Waals surface area contributed by atoms with Crippen LogP contribution in [0.4, 0.5) is 0 Å². The van der Waals surface area contributed by atoms with Crippen LogP contribution >= 0.6 is 25.6 Å². The summed E-state index contributed by atoms with van der Waals surface area (Å²) >= 11 is -2.50. The first-order valence-corrected chi connectivity index (χ1v) is 25.6. The van der Waals surface area contributed by atoms with Crippen molar-refractivity contribution in [1.29, 1.82) is 0 Å². The Bertz CT molecular complexity index is 1110. The van der Waals surface area contributed by atoms with Gasteiger partial charge in [0.25, 0.3) is 0 Å². The van der Waals surface area contributed by atoms with Gasteiger partial charge in [0, 0.05) is 0 Å². The molecule has 10 heteroatoms. The van der Waals surface area contributed by atoms with Crippen LogP contribution in [0.1, 0.15) is 31.1 Å².